The second-order valence-corrected chi connectivity index (χ2v) is 6.90. The number of Topliss-reactive ketones (excluding diaryl/α,β-unsaturated/α-hetero) is 1. The topological polar surface area (TPSA) is 86.7 Å². The molecule has 2 heterocycles. The Kier molecular flexibility index (Phi) is 4.54. The highest BCUT2D eigenvalue weighted by Crippen LogP contribution is 2.33. The molecule has 4 aromatic rings. The van der Waals surface area contributed by atoms with Gasteiger partial charge in [0.05, 0.1) is 5.56 Å². The van der Waals surface area contributed by atoms with Crippen LogP contribution in [0.1, 0.15) is 19.4 Å². The first kappa shape index (κ1) is 18.7. The number of rotatable bonds is 4. The number of benzene rings is 2. The van der Waals surface area contributed by atoms with Crippen molar-refractivity contribution in [2.45, 2.75) is 26.9 Å². The molecule has 0 radical (unpaired) electrons. The molecule has 6 nitrogen and oxygen atoms in total. The van der Waals surface area contributed by atoms with Gasteiger partial charge in [-0.3, -0.25) is 4.79 Å². The maximum absolute atomic E-state index is 12.6. The molecule has 0 saturated carbocycles. The van der Waals surface area contributed by atoms with Gasteiger partial charge in [0.1, 0.15) is 16.9 Å². The van der Waals surface area contributed by atoms with E-state index in [1.165, 1.54) is 13.0 Å². The van der Waals surface area contributed by atoms with Crippen LogP contribution in [0.5, 0.6) is 5.75 Å². The van der Waals surface area contributed by atoms with Crippen LogP contribution in [-0.2, 0) is 4.79 Å². The molecule has 0 aliphatic rings. The molecule has 0 saturated heterocycles. The molecule has 0 aliphatic heterocycles. The van der Waals surface area contributed by atoms with Crippen molar-refractivity contribution in [3.8, 4) is 16.9 Å². The lowest BCUT2D eigenvalue weighted by atomic mass is 10.0. The molecule has 0 bridgehead atoms. The summed E-state index contributed by atoms with van der Waals surface area (Å²) in [7, 11) is 0. The zero-order valence-electron chi connectivity index (χ0n) is 16.1. The van der Waals surface area contributed by atoms with Gasteiger partial charge >= 0.3 is 11.3 Å². The van der Waals surface area contributed by atoms with Crippen molar-refractivity contribution in [1.29, 1.82) is 0 Å². The van der Waals surface area contributed by atoms with Gasteiger partial charge in [0.15, 0.2) is 11.9 Å². The highest BCUT2D eigenvalue weighted by molar-refractivity contribution is 5.97. The Bertz CT molecular complexity index is 1380. The summed E-state index contributed by atoms with van der Waals surface area (Å²) >= 11 is 0. The lowest BCUT2D eigenvalue weighted by molar-refractivity contribution is -0.122. The summed E-state index contributed by atoms with van der Waals surface area (Å²) in [5.41, 5.74) is 0.891. The van der Waals surface area contributed by atoms with Crippen LogP contribution >= 0.6 is 0 Å². The molecular formula is C23H18O6. The van der Waals surface area contributed by atoms with Crippen LogP contribution in [0, 0.1) is 6.92 Å². The minimum Gasteiger partial charge on any atom is -0.483 e. The second kappa shape index (κ2) is 7.05. The van der Waals surface area contributed by atoms with Gasteiger partial charge < -0.3 is 13.6 Å². The molecule has 0 aliphatic carbocycles. The number of hydrogen-bond acceptors (Lipinski definition) is 6. The quantitative estimate of drug-likeness (QED) is 0.485. The van der Waals surface area contributed by atoms with Crippen molar-refractivity contribution < 1.29 is 18.4 Å². The second-order valence-electron chi connectivity index (χ2n) is 6.90. The van der Waals surface area contributed by atoms with Gasteiger partial charge in [-0.15, -0.1) is 0 Å². The minimum absolute atomic E-state index is 0.117. The molecular weight excluding hydrogens is 372 g/mol. The summed E-state index contributed by atoms with van der Waals surface area (Å²) in [4.78, 5) is 36.4. The molecule has 0 fully saturated rings. The third-order valence-electron chi connectivity index (χ3n) is 4.92. The van der Waals surface area contributed by atoms with Gasteiger partial charge in [-0.1, -0.05) is 18.2 Å². The van der Waals surface area contributed by atoms with Crippen LogP contribution in [0.4, 0.5) is 0 Å². The summed E-state index contributed by atoms with van der Waals surface area (Å²) in [6.07, 6.45) is -0.631. The number of hydrogen-bond donors (Lipinski definition) is 0. The summed E-state index contributed by atoms with van der Waals surface area (Å²) < 4.78 is 16.5. The molecule has 29 heavy (non-hydrogen) atoms. The first-order chi connectivity index (χ1) is 13.8. The van der Waals surface area contributed by atoms with E-state index in [1.807, 2.05) is 12.1 Å². The normalized spacial score (nSPS) is 12.2. The maximum Gasteiger partial charge on any atom is 0.344 e. The smallest absolute Gasteiger partial charge is 0.344 e. The first-order valence-corrected chi connectivity index (χ1v) is 9.13. The Hall–Kier alpha value is -3.67. The van der Waals surface area contributed by atoms with Crippen LogP contribution in [0.3, 0.4) is 0 Å². The van der Waals surface area contributed by atoms with Crippen LogP contribution < -0.4 is 16.0 Å². The van der Waals surface area contributed by atoms with Crippen molar-refractivity contribution in [2.24, 2.45) is 0 Å². The SMILES string of the molecule is CC(=O)[C@@H](C)Oc1ccc2c(-c3cc4ccccc4oc3=O)cc(=O)oc2c1C. The number of ketones is 1. The van der Waals surface area contributed by atoms with Crippen molar-refractivity contribution in [3.63, 3.8) is 0 Å². The summed E-state index contributed by atoms with van der Waals surface area (Å²) in [5.74, 6) is 0.319. The third kappa shape index (κ3) is 3.33. The van der Waals surface area contributed by atoms with Crippen LogP contribution in [0.25, 0.3) is 33.1 Å². The number of aryl methyl sites for hydroxylation is 1. The highest BCUT2D eigenvalue weighted by Gasteiger charge is 2.18. The van der Waals surface area contributed by atoms with Crippen LogP contribution in [0.2, 0.25) is 0 Å². The highest BCUT2D eigenvalue weighted by atomic mass is 16.5. The predicted octanol–water partition coefficient (Wildman–Crippen LogP) is 4.23. The van der Waals surface area contributed by atoms with E-state index in [-0.39, 0.29) is 11.3 Å². The molecule has 0 unspecified atom stereocenters. The van der Waals surface area contributed by atoms with E-state index in [4.69, 9.17) is 13.6 Å². The van der Waals surface area contributed by atoms with Gasteiger partial charge in [0.2, 0.25) is 0 Å². The fourth-order valence-corrected chi connectivity index (χ4v) is 3.22. The van der Waals surface area contributed by atoms with E-state index < -0.39 is 17.4 Å². The number of ether oxygens (including phenoxy) is 1. The standard InChI is InChI=1S/C23H18O6/c1-12-19(27-14(3)13(2)24)9-8-16-17(11-21(25)29-22(12)16)18-10-15-6-4-5-7-20(15)28-23(18)26/h4-11,14H,1-3H3/t14-/m1/s1. The molecule has 0 spiro atoms. The first-order valence-electron chi connectivity index (χ1n) is 9.13. The Balaban J connectivity index is 1.96. The lowest BCUT2D eigenvalue weighted by Crippen LogP contribution is -2.21. The van der Waals surface area contributed by atoms with Crippen molar-refractivity contribution in [1.82, 2.24) is 0 Å². The molecule has 6 heteroatoms. The van der Waals surface area contributed by atoms with Gasteiger partial charge in [-0.2, -0.15) is 0 Å². The fourth-order valence-electron chi connectivity index (χ4n) is 3.22. The maximum atomic E-state index is 12.6. The molecule has 0 N–H and O–H groups in total. The van der Waals surface area contributed by atoms with Crippen molar-refractivity contribution in [3.05, 3.63) is 74.9 Å². The molecule has 146 valence electrons. The zero-order chi connectivity index (χ0) is 20.7. The van der Waals surface area contributed by atoms with Crippen molar-refractivity contribution in [2.75, 3.05) is 0 Å². The van der Waals surface area contributed by atoms with Crippen LogP contribution in [-0.4, -0.2) is 11.9 Å². The summed E-state index contributed by atoms with van der Waals surface area (Å²) in [5, 5.41) is 1.32. The van der Waals surface area contributed by atoms with Crippen molar-refractivity contribution >= 4 is 27.7 Å². The summed E-state index contributed by atoms with van der Waals surface area (Å²) in [6.45, 7) is 4.83. The number of para-hydroxylation sites is 1. The molecule has 4 rings (SSSR count). The number of fused-ring (bicyclic) bond motifs is 2. The average Bonchev–Trinajstić information content (AvgIpc) is 2.69. The Morgan fingerprint density at radius 1 is 1.00 bits per heavy atom. The Morgan fingerprint density at radius 2 is 1.76 bits per heavy atom. The average molecular weight is 390 g/mol. The van der Waals surface area contributed by atoms with Crippen LogP contribution in [0.15, 0.2) is 67.0 Å². The third-order valence-corrected chi connectivity index (χ3v) is 4.92. The Labute approximate surface area is 165 Å². The molecule has 2 aromatic carbocycles. The molecule has 2 aromatic heterocycles. The number of carbonyl (C=O) groups is 1. The van der Waals surface area contributed by atoms with E-state index in [0.717, 1.165) is 5.39 Å². The fraction of sp³-hybridized carbons (Fsp3) is 0.174. The van der Waals surface area contributed by atoms with Gasteiger partial charge in [0.25, 0.3) is 0 Å². The molecule has 0 amide bonds. The number of carbonyl (C=O) groups excluding carboxylic acids is 1. The lowest BCUT2D eigenvalue weighted by Gasteiger charge is -2.15. The van der Waals surface area contributed by atoms with E-state index >= 15 is 0 Å². The minimum atomic E-state index is -0.631. The van der Waals surface area contributed by atoms with E-state index in [2.05, 4.69) is 0 Å². The van der Waals surface area contributed by atoms with Gasteiger partial charge in [0, 0.05) is 28.0 Å². The van der Waals surface area contributed by atoms with E-state index in [1.54, 1.807) is 44.2 Å². The van der Waals surface area contributed by atoms with E-state index in [0.29, 0.717) is 33.4 Å². The molecule has 1 atom stereocenters. The van der Waals surface area contributed by atoms with Gasteiger partial charge in [-0.05, 0) is 45.0 Å². The Morgan fingerprint density at radius 3 is 2.52 bits per heavy atom. The monoisotopic (exact) mass is 390 g/mol. The zero-order valence-corrected chi connectivity index (χ0v) is 16.1. The van der Waals surface area contributed by atoms with Gasteiger partial charge in [-0.25, -0.2) is 9.59 Å². The predicted molar refractivity (Wildman–Crippen MR) is 109 cm³/mol. The van der Waals surface area contributed by atoms with E-state index in [9.17, 15) is 14.4 Å². The summed E-state index contributed by atoms with van der Waals surface area (Å²) in [6, 6.07) is 13.5. The largest absolute Gasteiger partial charge is 0.483 e.